The van der Waals surface area contributed by atoms with Crippen molar-refractivity contribution >= 4 is 39.7 Å². The number of sulfonamides is 1. The number of nitrogens with one attached hydrogen (secondary N) is 1. The van der Waals surface area contributed by atoms with E-state index >= 15 is 0 Å². The van der Waals surface area contributed by atoms with Gasteiger partial charge >= 0.3 is 6.09 Å². The second-order valence-electron chi connectivity index (χ2n) is 9.05. The van der Waals surface area contributed by atoms with Gasteiger partial charge < -0.3 is 14.5 Å². The van der Waals surface area contributed by atoms with E-state index in [0.29, 0.717) is 60.3 Å². The van der Waals surface area contributed by atoms with Crippen LogP contribution in [0.3, 0.4) is 0 Å². The predicted molar refractivity (Wildman–Crippen MR) is 146 cm³/mol. The van der Waals surface area contributed by atoms with Crippen LogP contribution in [0.2, 0.25) is 5.02 Å². The molecule has 2 aliphatic rings. The van der Waals surface area contributed by atoms with Crippen LogP contribution in [0.5, 0.6) is 5.75 Å². The van der Waals surface area contributed by atoms with E-state index in [2.05, 4.69) is 9.71 Å². The molecule has 1 aliphatic heterocycles. The van der Waals surface area contributed by atoms with Gasteiger partial charge in [0, 0.05) is 48.7 Å². The number of carbonyl (C=O) groups excluding carboxylic acids is 2. The molecule has 1 aromatic heterocycles. The highest BCUT2D eigenvalue weighted by atomic mass is 35.5. The van der Waals surface area contributed by atoms with Crippen molar-refractivity contribution < 1.29 is 22.7 Å². The molecule has 0 bridgehead atoms. The molecule has 9 nitrogen and oxygen atoms in total. The maximum absolute atomic E-state index is 13.0. The number of carbonyl (C=O) groups is 2. The van der Waals surface area contributed by atoms with Gasteiger partial charge in [-0.25, -0.2) is 13.2 Å². The fourth-order valence-corrected chi connectivity index (χ4v) is 5.84. The maximum atomic E-state index is 13.0. The van der Waals surface area contributed by atoms with Crippen molar-refractivity contribution in [3.05, 3.63) is 88.4 Å². The van der Waals surface area contributed by atoms with Gasteiger partial charge in [0.15, 0.2) is 0 Å². The highest BCUT2D eigenvalue weighted by molar-refractivity contribution is 7.89. The van der Waals surface area contributed by atoms with Gasteiger partial charge in [0.2, 0.25) is 15.9 Å². The number of amides is 2. The molecule has 200 valence electrons. The third-order valence-electron chi connectivity index (χ3n) is 6.27. The lowest BCUT2D eigenvalue weighted by Gasteiger charge is -2.34. The second kappa shape index (κ2) is 11.8. The standard InChI is InChI=1S/C27H29ClN4O5S/c1-19(8-9-20(2)30-38(35,36)24-7-3-5-21-6-4-14-29-25(21)24)26(33)31-15-17-32(18-16-31)27(34)37-23-12-10-22(28)11-13-23/h3-6,8-14,24,30H,7,15-18H2,1-2H3/b19-8+,20-9+. The molecule has 2 heterocycles. The third-order valence-corrected chi connectivity index (χ3v) is 8.29. The van der Waals surface area contributed by atoms with E-state index in [-0.39, 0.29) is 5.91 Å². The summed E-state index contributed by atoms with van der Waals surface area (Å²) in [7, 11) is -3.74. The van der Waals surface area contributed by atoms with Crippen molar-refractivity contribution in [2.24, 2.45) is 0 Å². The summed E-state index contributed by atoms with van der Waals surface area (Å²) < 4.78 is 34.0. The number of benzene rings is 1. The summed E-state index contributed by atoms with van der Waals surface area (Å²) >= 11 is 5.85. The molecule has 4 rings (SSSR count). The molecular weight excluding hydrogens is 528 g/mol. The average molecular weight is 557 g/mol. The lowest BCUT2D eigenvalue weighted by Crippen LogP contribution is -2.51. The Labute approximate surface area is 227 Å². The van der Waals surface area contributed by atoms with Crippen LogP contribution < -0.4 is 9.46 Å². The van der Waals surface area contributed by atoms with Gasteiger partial charge in [-0.3, -0.25) is 14.5 Å². The van der Waals surface area contributed by atoms with E-state index in [1.807, 2.05) is 18.2 Å². The molecule has 1 fully saturated rings. The zero-order valence-corrected chi connectivity index (χ0v) is 22.7. The summed E-state index contributed by atoms with van der Waals surface area (Å²) in [5, 5.41) is -0.242. The largest absolute Gasteiger partial charge is 0.415 e. The normalized spacial score (nSPS) is 18.1. The maximum Gasteiger partial charge on any atom is 0.415 e. The number of hydrogen-bond acceptors (Lipinski definition) is 6. The van der Waals surface area contributed by atoms with E-state index in [1.54, 1.807) is 72.3 Å². The summed E-state index contributed by atoms with van der Waals surface area (Å²) in [6, 6.07) is 10.1. The third kappa shape index (κ3) is 6.62. The molecular formula is C27H29ClN4O5S. The van der Waals surface area contributed by atoms with Gasteiger partial charge in [-0.1, -0.05) is 35.9 Å². The SMILES string of the molecule is C/C(=C\C=C(/C)C(=O)N1CCN(C(=O)Oc2ccc(Cl)cc2)CC1)NS(=O)(=O)C1CC=Cc2cccnc21. The fraction of sp³-hybridized carbons (Fsp3) is 0.296. The smallest absolute Gasteiger partial charge is 0.410 e. The number of halogens is 1. The Morgan fingerprint density at radius 3 is 2.45 bits per heavy atom. The molecule has 0 saturated carbocycles. The van der Waals surface area contributed by atoms with Crippen LogP contribution >= 0.6 is 11.6 Å². The molecule has 0 spiro atoms. The van der Waals surface area contributed by atoms with E-state index < -0.39 is 21.4 Å². The summed E-state index contributed by atoms with van der Waals surface area (Å²) in [5.74, 6) is 0.216. The Kier molecular flexibility index (Phi) is 8.53. The van der Waals surface area contributed by atoms with Crippen molar-refractivity contribution in [2.45, 2.75) is 25.5 Å². The average Bonchev–Trinajstić information content (AvgIpc) is 2.92. The number of allylic oxidation sites excluding steroid dienone is 4. The molecule has 1 aromatic carbocycles. The molecule has 1 saturated heterocycles. The van der Waals surface area contributed by atoms with E-state index in [1.165, 1.54) is 0 Å². The first-order valence-corrected chi connectivity index (χ1v) is 14.1. The van der Waals surface area contributed by atoms with E-state index in [0.717, 1.165) is 5.56 Å². The van der Waals surface area contributed by atoms with E-state index in [4.69, 9.17) is 16.3 Å². The van der Waals surface area contributed by atoms with Crippen LogP contribution in [-0.4, -0.2) is 61.4 Å². The first kappa shape index (κ1) is 27.4. The Bertz CT molecular complexity index is 1390. The Balaban J connectivity index is 1.31. The number of pyridine rings is 1. The molecule has 2 aromatic rings. The topological polar surface area (TPSA) is 109 Å². The van der Waals surface area contributed by atoms with Gasteiger partial charge in [-0.2, -0.15) is 0 Å². The van der Waals surface area contributed by atoms with Crippen LogP contribution in [-0.2, 0) is 14.8 Å². The number of aromatic nitrogens is 1. The van der Waals surface area contributed by atoms with Gasteiger partial charge in [-0.15, -0.1) is 0 Å². The van der Waals surface area contributed by atoms with Crippen LogP contribution in [0.4, 0.5) is 4.79 Å². The van der Waals surface area contributed by atoms with Gasteiger partial charge in [-0.05, 0) is 62.2 Å². The predicted octanol–water partition coefficient (Wildman–Crippen LogP) is 4.31. The lowest BCUT2D eigenvalue weighted by atomic mass is 10.0. The van der Waals surface area contributed by atoms with Crippen molar-refractivity contribution in [3.8, 4) is 5.75 Å². The summed E-state index contributed by atoms with van der Waals surface area (Å²) in [4.78, 5) is 32.8. The minimum Gasteiger partial charge on any atom is -0.410 e. The zero-order chi connectivity index (χ0) is 27.3. The van der Waals surface area contributed by atoms with Crippen LogP contribution in [0.15, 0.2) is 72.1 Å². The van der Waals surface area contributed by atoms with Crippen molar-refractivity contribution in [2.75, 3.05) is 26.2 Å². The Morgan fingerprint density at radius 1 is 1.05 bits per heavy atom. The van der Waals surface area contributed by atoms with Gasteiger partial charge in [0.1, 0.15) is 11.0 Å². The summed E-state index contributed by atoms with van der Waals surface area (Å²) in [5.41, 5.74) is 2.15. The highest BCUT2D eigenvalue weighted by Crippen LogP contribution is 2.32. The molecule has 1 aliphatic carbocycles. The minimum atomic E-state index is -3.74. The molecule has 0 radical (unpaired) electrons. The van der Waals surface area contributed by atoms with Crippen LogP contribution in [0.1, 0.15) is 36.8 Å². The highest BCUT2D eigenvalue weighted by Gasteiger charge is 2.31. The number of ether oxygens (including phenoxy) is 1. The Morgan fingerprint density at radius 2 is 1.74 bits per heavy atom. The molecule has 2 amide bonds. The molecule has 1 unspecified atom stereocenters. The molecule has 1 atom stereocenters. The monoisotopic (exact) mass is 556 g/mol. The van der Waals surface area contributed by atoms with Crippen molar-refractivity contribution in [1.29, 1.82) is 0 Å². The lowest BCUT2D eigenvalue weighted by molar-refractivity contribution is -0.128. The van der Waals surface area contributed by atoms with E-state index in [9.17, 15) is 18.0 Å². The molecule has 1 N–H and O–H groups in total. The van der Waals surface area contributed by atoms with Crippen LogP contribution in [0.25, 0.3) is 6.08 Å². The number of nitrogens with zero attached hydrogens (tertiary/aromatic N) is 3. The van der Waals surface area contributed by atoms with Crippen molar-refractivity contribution in [3.63, 3.8) is 0 Å². The molecule has 11 heteroatoms. The second-order valence-corrected chi connectivity index (χ2v) is 11.4. The number of fused-ring (bicyclic) bond motifs is 1. The minimum absolute atomic E-state index is 0.182. The zero-order valence-electron chi connectivity index (χ0n) is 21.1. The van der Waals surface area contributed by atoms with Gasteiger partial charge in [0.05, 0.1) is 5.69 Å². The number of piperazine rings is 1. The summed E-state index contributed by atoms with van der Waals surface area (Å²) in [6.07, 6.45) is 8.30. The van der Waals surface area contributed by atoms with Gasteiger partial charge in [0.25, 0.3) is 0 Å². The fourth-order valence-electron chi connectivity index (χ4n) is 4.20. The summed E-state index contributed by atoms with van der Waals surface area (Å²) in [6.45, 7) is 4.70. The van der Waals surface area contributed by atoms with Crippen molar-refractivity contribution in [1.82, 2.24) is 19.5 Å². The first-order valence-electron chi connectivity index (χ1n) is 12.1. The Hall–Kier alpha value is -3.63. The number of hydrogen-bond donors (Lipinski definition) is 1. The number of rotatable bonds is 6. The first-order chi connectivity index (χ1) is 18.1. The molecule has 38 heavy (non-hydrogen) atoms. The quantitative estimate of drug-likeness (QED) is 0.419. The van der Waals surface area contributed by atoms with Crippen LogP contribution in [0, 0.1) is 0 Å².